The fourth-order valence-corrected chi connectivity index (χ4v) is 2.27. The lowest BCUT2D eigenvalue weighted by molar-refractivity contribution is 0.0694. The number of hydrogen-bond donors (Lipinski definition) is 2. The zero-order valence-corrected chi connectivity index (χ0v) is 12.7. The Morgan fingerprint density at radius 2 is 2.00 bits per heavy atom. The van der Waals surface area contributed by atoms with Crippen LogP contribution >= 0.6 is 0 Å². The van der Waals surface area contributed by atoms with E-state index in [1.54, 1.807) is 6.92 Å². The second-order valence-electron chi connectivity index (χ2n) is 5.04. The van der Waals surface area contributed by atoms with Crippen molar-refractivity contribution in [2.45, 2.75) is 26.7 Å². The molecule has 0 fully saturated rings. The van der Waals surface area contributed by atoms with Crippen LogP contribution in [0.25, 0.3) is 0 Å². The van der Waals surface area contributed by atoms with Crippen LogP contribution in [0.2, 0.25) is 0 Å². The maximum Gasteiger partial charge on any atom is 0.339 e. The van der Waals surface area contributed by atoms with Crippen LogP contribution in [-0.2, 0) is 12.8 Å². The summed E-state index contributed by atoms with van der Waals surface area (Å²) in [6, 6.07) is 9.26. The van der Waals surface area contributed by atoms with Gasteiger partial charge in [-0.2, -0.15) is 0 Å². The van der Waals surface area contributed by atoms with Gasteiger partial charge in [-0.15, -0.1) is 0 Å². The molecule has 1 aromatic carbocycles. The number of carbonyl (C=O) groups is 2. The van der Waals surface area contributed by atoms with Crippen molar-refractivity contribution in [2.24, 2.45) is 0 Å². The van der Waals surface area contributed by atoms with Gasteiger partial charge in [0.15, 0.2) is 5.76 Å². The Labute approximate surface area is 129 Å². The average Bonchev–Trinajstić information content (AvgIpc) is 2.93. The lowest BCUT2D eigenvalue weighted by atomic mass is 10.1. The first-order valence-corrected chi connectivity index (χ1v) is 7.21. The van der Waals surface area contributed by atoms with Crippen molar-refractivity contribution in [1.82, 2.24) is 5.32 Å². The molecule has 0 atom stereocenters. The Hall–Kier alpha value is -2.56. The second-order valence-corrected chi connectivity index (χ2v) is 5.04. The average molecular weight is 301 g/mol. The largest absolute Gasteiger partial charge is 0.478 e. The van der Waals surface area contributed by atoms with Gasteiger partial charge in [-0.3, -0.25) is 4.79 Å². The molecule has 0 aliphatic rings. The molecule has 0 saturated heterocycles. The van der Waals surface area contributed by atoms with E-state index in [0.29, 0.717) is 25.1 Å². The van der Waals surface area contributed by atoms with Gasteiger partial charge in [0.2, 0.25) is 0 Å². The molecular weight excluding hydrogens is 282 g/mol. The summed E-state index contributed by atoms with van der Waals surface area (Å²) < 4.78 is 5.32. The van der Waals surface area contributed by atoms with Gasteiger partial charge < -0.3 is 14.8 Å². The number of aryl methyl sites for hydroxylation is 2. The van der Waals surface area contributed by atoms with Gasteiger partial charge in [-0.05, 0) is 24.5 Å². The number of rotatable bonds is 6. The molecular formula is C17H19NO4. The van der Waals surface area contributed by atoms with Crippen LogP contribution < -0.4 is 5.32 Å². The molecule has 5 nitrogen and oxygen atoms in total. The van der Waals surface area contributed by atoms with Gasteiger partial charge >= 0.3 is 5.97 Å². The molecule has 2 aromatic rings. The zero-order chi connectivity index (χ0) is 16.1. The topological polar surface area (TPSA) is 79.5 Å². The van der Waals surface area contributed by atoms with Crippen molar-refractivity contribution >= 4 is 11.9 Å². The first-order valence-electron chi connectivity index (χ1n) is 7.21. The van der Waals surface area contributed by atoms with Gasteiger partial charge in [0.25, 0.3) is 5.91 Å². The van der Waals surface area contributed by atoms with E-state index in [9.17, 15) is 9.59 Å². The van der Waals surface area contributed by atoms with Crippen molar-refractivity contribution in [3.05, 3.63) is 58.5 Å². The Bertz CT molecular complexity index is 688. The normalized spacial score (nSPS) is 10.5. The molecule has 22 heavy (non-hydrogen) atoms. The Morgan fingerprint density at radius 1 is 1.27 bits per heavy atom. The maximum absolute atomic E-state index is 12.0. The van der Waals surface area contributed by atoms with E-state index in [0.717, 1.165) is 0 Å². The van der Waals surface area contributed by atoms with Crippen LogP contribution in [0.1, 0.15) is 44.7 Å². The Balaban J connectivity index is 1.98. The van der Waals surface area contributed by atoms with Crippen LogP contribution in [0.3, 0.4) is 0 Å². The third-order valence-corrected chi connectivity index (χ3v) is 3.53. The third-order valence-electron chi connectivity index (χ3n) is 3.53. The number of carbonyl (C=O) groups excluding carboxylic acids is 1. The molecule has 0 saturated carbocycles. The fraction of sp³-hybridized carbons (Fsp3) is 0.294. The third kappa shape index (κ3) is 3.55. The van der Waals surface area contributed by atoms with Crippen molar-refractivity contribution < 1.29 is 19.1 Å². The summed E-state index contributed by atoms with van der Waals surface area (Å²) >= 11 is 0. The number of carboxylic acids is 1. The molecule has 1 amide bonds. The maximum atomic E-state index is 12.0. The summed E-state index contributed by atoms with van der Waals surface area (Å²) in [7, 11) is 0. The summed E-state index contributed by atoms with van der Waals surface area (Å²) in [5, 5.41) is 11.8. The van der Waals surface area contributed by atoms with Crippen molar-refractivity contribution in [1.29, 1.82) is 0 Å². The summed E-state index contributed by atoms with van der Waals surface area (Å²) in [5.74, 6) is -1.12. The summed E-state index contributed by atoms with van der Waals surface area (Å²) in [4.78, 5) is 23.1. The van der Waals surface area contributed by atoms with E-state index in [2.05, 4.69) is 5.32 Å². The van der Waals surface area contributed by atoms with Gasteiger partial charge in [-0.1, -0.05) is 31.2 Å². The predicted octanol–water partition coefficient (Wildman–Crippen LogP) is 2.82. The van der Waals surface area contributed by atoms with E-state index in [1.165, 1.54) is 17.2 Å². The summed E-state index contributed by atoms with van der Waals surface area (Å²) in [6.45, 7) is 4.27. The van der Waals surface area contributed by atoms with Crippen molar-refractivity contribution in [3.63, 3.8) is 0 Å². The molecule has 1 aromatic heterocycles. The van der Waals surface area contributed by atoms with E-state index in [1.807, 2.05) is 31.2 Å². The number of furan rings is 1. The lowest BCUT2D eigenvalue weighted by Gasteiger charge is -2.06. The highest BCUT2D eigenvalue weighted by molar-refractivity contribution is 5.96. The minimum absolute atomic E-state index is 0.0408. The number of hydrogen-bond acceptors (Lipinski definition) is 3. The van der Waals surface area contributed by atoms with Crippen LogP contribution in [0.5, 0.6) is 0 Å². The molecule has 2 rings (SSSR count). The first-order chi connectivity index (χ1) is 10.5. The predicted molar refractivity (Wildman–Crippen MR) is 82.3 cm³/mol. The van der Waals surface area contributed by atoms with Crippen LogP contribution in [0.15, 0.2) is 34.7 Å². The molecule has 2 N–H and O–H groups in total. The molecule has 0 aliphatic carbocycles. The molecule has 5 heteroatoms. The molecule has 116 valence electrons. The zero-order valence-electron chi connectivity index (χ0n) is 12.7. The number of carboxylic acid groups (broad SMARTS) is 1. The van der Waals surface area contributed by atoms with Crippen LogP contribution in [0.4, 0.5) is 0 Å². The van der Waals surface area contributed by atoms with Gasteiger partial charge in [-0.25, -0.2) is 4.79 Å². The minimum Gasteiger partial charge on any atom is -0.478 e. The Kier molecular flexibility index (Phi) is 4.99. The lowest BCUT2D eigenvalue weighted by Crippen LogP contribution is -2.25. The minimum atomic E-state index is -1.08. The number of nitrogens with one attached hydrogen (secondary N) is 1. The molecule has 0 unspecified atom stereocenters. The SMILES string of the molecule is CCc1oc(C(=O)NCCc2ccccc2C)cc1C(=O)O. The van der Waals surface area contributed by atoms with E-state index in [4.69, 9.17) is 9.52 Å². The van der Waals surface area contributed by atoms with Crippen molar-refractivity contribution in [3.8, 4) is 0 Å². The quantitative estimate of drug-likeness (QED) is 0.860. The van der Waals surface area contributed by atoms with Crippen molar-refractivity contribution in [2.75, 3.05) is 6.54 Å². The van der Waals surface area contributed by atoms with Crippen LogP contribution in [-0.4, -0.2) is 23.5 Å². The van der Waals surface area contributed by atoms with E-state index in [-0.39, 0.29) is 11.3 Å². The van der Waals surface area contributed by atoms with Gasteiger partial charge in [0.1, 0.15) is 11.3 Å². The molecule has 0 spiro atoms. The van der Waals surface area contributed by atoms with Crippen LogP contribution in [0, 0.1) is 6.92 Å². The monoisotopic (exact) mass is 301 g/mol. The Morgan fingerprint density at radius 3 is 2.59 bits per heavy atom. The molecule has 0 bridgehead atoms. The van der Waals surface area contributed by atoms with Gasteiger partial charge in [0.05, 0.1) is 0 Å². The number of amides is 1. The first kappa shape index (κ1) is 15.8. The number of benzene rings is 1. The fourth-order valence-electron chi connectivity index (χ4n) is 2.27. The highest BCUT2D eigenvalue weighted by Gasteiger charge is 2.19. The molecule has 0 aliphatic heterocycles. The smallest absolute Gasteiger partial charge is 0.339 e. The van der Waals surface area contributed by atoms with Gasteiger partial charge in [0, 0.05) is 19.0 Å². The second kappa shape index (κ2) is 6.93. The van der Waals surface area contributed by atoms with E-state index >= 15 is 0 Å². The summed E-state index contributed by atoms with van der Waals surface area (Å²) in [6.07, 6.45) is 1.14. The standard InChI is InChI=1S/C17H19NO4/c1-3-14-13(17(20)21)10-15(22-14)16(19)18-9-8-12-7-5-4-6-11(12)2/h4-7,10H,3,8-9H2,1-2H3,(H,18,19)(H,20,21). The highest BCUT2D eigenvalue weighted by Crippen LogP contribution is 2.16. The van der Waals surface area contributed by atoms with E-state index < -0.39 is 11.9 Å². The molecule has 1 heterocycles. The molecule has 0 radical (unpaired) electrons. The summed E-state index contributed by atoms with van der Waals surface area (Å²) in [5.41, 5.74) is 2.39. The number of aromatic carboxylic acids is 1. The highest BCUT2D eigenvalue weighted by atomic mass is 16.4.